The number of carbonyl (C=O) groups is 1. The Bertz CT molecular complexity index is 924. The lowest BCUT2D eigenvalue weighted by atomic mass is 10.2. The molecule has 1 aliphatic rings. The minimum atomic E-state index is -3.05. The van der Waals surface area contributed by atoms with E-state index in [-0.39, 0.29) is 23.5 Å². The minimum absolute atomic E-state index is 0.0533. The number of sulfone groups is 1. The van der Waals surface area contributed by atoms with Crippen molar-refractivity contribution in [3.05, 3.63) is 39.9 Å². The molecule has 1 amide bonds. The van der Waals surface area contributed by atoms with Crippen molar-refractivity contribution in [2.24, 2.45) is 0 Å². The van der Waals surface area contributed by atoms with Crippen LogP contribution in [0.2, 0.25) is 5.02 Å². The molecule has 5 nitrogen and oxygen atoms in total. The van der Waals surface area contributed by atoms with E-state index in [4.69, 9.17) is 11.6 Å². The normalized spacial score (nSPS) is 18.8. The molecule has 26 heavy (non-hydrogen) atoms. The Balaban J connectivity index is 1.90. The van der Waals surface area contributed by atoms with Crippen molar-refractivity contribution in [2.75, 3.05) is 18.1 Å². The standard InChI is InChI=1S/C18H21ClN2O3S2/c1-3-8-21(15-7-9-26(23,24)11-15)18(22)16-12(2)20-17(25-16)13-5-4-6-14(19)10-13/h4-6,10,15H,3,7-9,11H2,1-2H3. The van der Waals surface area contributed by atoms with Crippen LogP contribution in [0.25, 0.3) is 10.6 Å². The van der Waals surface area contributed by atoms with E-state index in [0.717, 1.165) is 17.0 Å². The van der Waals surface area contributed by atoms with Gasteiger partial charge in [-0.25, -0.2) is 13.4 Å². The number of aromatic nitrogens is 1. The van der Waals surface area contributed by atoms with Gasteiger partial charge in [-0.2, -0.15) is 0 Å². The van der Waals surface area contributed by atoms with E-state index in [1.165, 1.54) is 11.3 Å². The van der Waals surface area contributed by atoms with E-state index in [2.05, 4.69) is 4.98 Å². The molecule has 0 spiro atoms. The smallest absolute Gasteiger partial charge is 0.266 e. The third kappa shape index (κ3) is 4.10. The summed E-state index contributed by atoms with van der Waals surface area (Å²) in [6.45, 7) is 4.34. The van der Waals surface area contributed by atoms with Crippen LogP contribution in [0.15, 0.2) is 24.3 Å². The van der Waals surface area contributed by atoms with Crippen LogP contribution in [0.1, 0.15) is 35.1 Å². The lowest BCUT2D eigenvalue weighted by Gasteiger charge is -2.27. The third-order valence-electron chi connectivity index (χ3n) is 4.44. The molecule has 1 aromatic heterocycles. The van der Waals surface area contributed by atoms with Gasteiger partial charge in [-0.3, -0.25) is 4.79 Å². The number of rotatable bonds is 5. The molecule has 2 aromatic rings. The summed E-state index contributed by atoms with van der Waals surface area (Å²) >= 11 is 7.39. The van der Waals surface area contributed by atoms with Crippen molar-refractivity contribution >= 4 is 38.7 Å². The fraction of sp³-hybridized carbons (Fsp3) is 0.444. The van der Waals surface area contributed by atoms with Gasteiger partial charge in [-0.1, -0.05) is 30.7 Å². The summed E-state index contributed by atoms with van der Waals surface area (Å²) in [5, 5.41) is 1.36. The highest BCUT2D eigenvalue weighted by Gasteiger charge is 2.35. The molecule has 1 atom stereocenters. The van der Waals surface area contributed by atoms with Crippen LogP contribution >= 0.6 is 22.9 Å². The van der Waals surface area contributed by atoms with Crippen LogP contribution in [0.3, 0.4) is 0 Å². The number of hydrogen-bond acceptors (Lipinski definition) is 5. The number of aryl methyl sites for hydroxylation is 1. The Kier molecular flexibility index (Phi) is 5.69. The van der Waals surface area contributed by atoms with Gasteiger partial charge >= 0.3 is 0 Å². The highest BCUT2D eigenvalue weighted by molar-refractivity contribution is 7.91. The maximum Gasteiger partial charge on any atom is 0.266 e. The molecule has 1 unspecified atom stereocenters. The van der Waals surface area contributed by atoms with Crippen molar-refractivity contribution < 1.29 is 13.2 Å². The van der Waals surface area contributed by atoms with E-state index >= 15 is 0 Å². The van der Waals surface area contributed by atoms with E-state index in [9.17, 15) is 13.2 Å². The molecule has 3 rings (SSSR count). The predicted molar refractivity (Wildman–Crippen MR) is 106 cm³/mol. The highest BCUT2D eigenvalue weighted by Crippen LogP contribution is 2.31. The van der Waals surface area contributed by atoms with Crippen LogP contribution in [-0.2, 0) is 9.84 Å². The summed E-state index contributed by atoms with van der Waals surface area (Å²) in [5.41, 5.74) is 1.53. The van der Waals surface area contributed by atoms with Gasteiger partial charge in [0.25, 0.3) is 5.91 Å². The first-order chi connectivity index (χ1) is 12.3. The molecular formula is C18H21ClN2O3S2. The fourth-order valence-corrected chi connectivity index (χ4v) is 6.12. The number of halogens is 1. The van der Waals surface area contributed by atoms with Gasteiger partial charge in [0.05, 0.1) is 17.2 Å². The number of hydrogen-bond donors (Lipinski definition) is 0. The number of benzene rings is 1. The van der Waals surface area contributed by atoms with E-state index in [1.807, 2.05) is 32.0 Å². The molecule has 0 saturated carbocycles. The van der Waals surface area contributed by atoms with Crippen molar-refractivity contribution in [3.8, 4) is 10.6 Å². The van der Waals surface area contributed by atoms with Crippen LogP contribution < -0.4 is 0 Å². The average Bonchev–Trinajstić information content (AvgIpc) is 3.14. The maximum absolute atomic E-state index is 13.1. The van der Waals surface area contributed by atoms with Gasteiger partial charge in [0.1, 0.15) is 9.88 Å². The predicted octanol–water partition coefficient (Wildman–Crippen LogP) is 3.81. The Hall–Kier alpha value is -1.44. The fourth-order valence-electron chi connectivity index (χ4n) is 3.18. The Labute approximate surface area is 162 Å². The lowest BCUT2D eigenvalue weighted by molar-refractivity contribution is 0.0701. The van der Waals surface area contributed by atoms with Gasteiger partial charge in [0, 0.05) is 23.2 Å². The van der Waals surface area contributed by atoms with Gasteiger partial charge in [-0.15, -0.1) is 11.3 Å². The molecule has 1 aromatic carbocycles. The van der Waals surface area contributed by atoms with Gasteiger partial charge in [0.2, 0.25) is 0 Å². The minimum Gasteiger partial charge on any atom is -0.334 e. The second-order valence-corrected chi connectivity index (χ2v) is 10.2. The first-order valence-corrected chi connectivity index (χ1v) is 11.6. The van der Waals surface area contributed by atoms with Gasteiger partial charge < -0.3 is 4.90 Å². The maximum atomic E-state index is 13.1. The number of amides is 1. The zero-order valence-corrected chi connectivity index (χ0v) is 17.1. The molecule has 140 valence electrons. The SMILES string of the molecule is CCCN(C(=O)c1sc(-c2cccc(Cl)c2)nc1C)C1CCS(=O)(=O)C1. The number of nitrogens with zero attached hydrogens (tertiary/aromatic N) is 2. The van der Waals surface area contributed by atoms with Crippen LogP contribution in [0.4, 0.5) is 0 Å². The average molecular weight is 413 g/mol. The molecule has 0 bridgehead atoms. The molecule has 8 heteroatoms. The third-order valence-corrected chi connectivity index (χ3v) is 7.62. The Morgan fingerprint density at radius 2 is 2.19 bits per heavy atom. The summed E-state index contributed by atoms with van der Waals surface area (Å²) in [6, 6.07) is 7.13. The van der Waals surface area contributed by atoms with Crippen molar-refractivity contribution in [3.63, 3.8) is 0 Å². The van der Waals surface area contributed by atoms with Crippen molar-refractivity contribution in [1.29, 1.82) is 0 Å². The number of thiazole rings is 1. The van der Waals surface area contributed by atoms with Crippen LogP contribution in [-0.4, -0.2) is 48.3 Å². The molecule has 0 N–H and O–H groups in total. The van der Waals surface area contributed by atoms with Crippen molar-refractivity contribution in [1.82, 2.24) is 9.88 Å². The first-order valence-electron chi connectivity index (χ1n) is 8.55. The summed E-state index contributed by atoms with van der Waals surface area (Å²) in [4.78, 5) is 20.0. The van der Waals surface area contributed by atoms with E-state index < -0.39 is 9.84 Å². The summed E-state index contributed by atoms with van der Waals surface area (Å²) in [7, 11) is -3.05. The van der Waals surface area contributed by atoms with Gasteiger partial charge in [-0.05, 0) is 31.9 Å². The highest BCUT2D eigenvalue weighted by atomic mass is 35.5. The monoisotopic (exact) mass is 412 g/mol. The molecular weight excluding hydrogens is 392 g/mol. The quantitative estimate of drug-likeness (QED) is 0.748. The van der Waals surface area contributed by atoms with Gasteiger partial charge in [0.15, 0.2) is 9.84 Å². The second kappa shape index (κ2) is 7.66. The zero-order valence-electron chi connectivity index (χ0n) is 14.7. The largest absolute Gasteiger partial charge is 0.334 e. The number of carbonyl (C=O) groups excluding carboxylic acids is 1. The molecule has 1 saturated heterocycles. The van der Waals surface area contributed by atoms with Crippen molar-refractivity contribution in [2.45, 2.75) is 32.7 Å². The zero-order chi connectivity index (χ0) is 18.9. The van der Waals surface area contributed by atoms with E-state index in [1.54, 1.807) is 11.0 Å². The van der Waals surface area contributed by atoms with Crippen LogP contribution in [0.5, 0.6) is 0 Å². The Morgan fingerprint density at radius 1 is 1.42 bits per heavy atom. The molecule has 0 radical (unpaired) electrons. The first kappa shape index (κ1) is 19.3. The Morgan fingerprint density at radius 3 is 2.81 bits per heavy atom. The molecule has 1 aliphatic heterocycles. The topological polar surface area (TPSA) is 67.3 Å². The summed E-state index contributed by atoms with van der Waals surface area (Å²) in [5.74, 6) is 0.0791. The summed E-state index contributed by atoms with van der Waals surface area (Å²) in [6.07, 6.45) is 1.29. The molecule has 1 fully saturated rings. The summed E-state index contributed by atoms with van der Waals surface area (Å²) < 4.78 is 23.7. The van der Waals surface area contributed by atoms with Crippen LogP contribution in [0, 0.1) is 6.92 Å². The molecule has 0 aliphatic carbocycles. The van der Waals surface area contributed by atoms with E-state index in [0.29, 0.717) is 28.6 Å². The lowest BCUT2D eigenvalue weighted by Crippen LogP contribution is -2.41. The molecule has 2 heterocycles. The second-order valence-electron chi connectivity index (χ2n) is 6.50.